The number of benzene rings is 3. The highest BCUT2D eigenvalue weighted by Crippen LogP contribution is 2.25. The van der Waals surface area contributed by atoms with Crippen LogP contribution in [-0.2, 0) is 6.54 Å². The van der Waals surface area contributed by atoms with E-state index in [0.29, 0.717) is 0 Å². The lowest BCUT2D eigenvalue weighted by Crippen LogP contribution is -2.16. The van der Waals surface area contributed by atoms with Crippen LogP contribution in [0.1, 0.15) is 23.6 Å². The number of likely N-dealkylation sites (N-methyl/N-ethyl adjacent to an activating group) is 1. The van der Waals surface area contributed by atoms with Gasteiger partial charge in [0.05, 0.1) is 0 Å². The molecule has 0 aromatic heterocycles. The molecule has 2 heteroatoms. The summed E-state index contributed by atoms with van der Waals surface area (Å²) in [5, 5.41) is 0. The summed E-state index contributed by atoms with van der Waals surface area (Å²) in [6.07, 6.45) is 12.3. The average molecular weight is 421 g/mol. The van der Waals surface area contributed by atoms with Crippen molar-refractivity contribution in [3.63, 3.8) is 0 Å². The maximum atomic E-state index is 3.93. The number of hydrogen-bond donors (Lipinski definition) is 0. The fourth-order valence-corrected chi connectivity index (χ4v) is 3.45. The predicted molar refractivity (Wildman–Crippen MR) is 141 cm³/mol. The topological polar surface area (TPSA) is 6.48 Å². The number of nitrogens with zero attached hydrogens (tertiary/aromatic N) is 2. The van der Waals surface area contributed by atoms with Crippen molar-refractivity contribution in [1.82, 2.24) is 4.90 Å². The lowest BCUT2D eigenvalue weighted by Gasteiger charge is -2.22. The second kappa shape index (κ2) is 11.6. The monoisotopic (exact) mass is 420 g/mol. The second-order valence-corrected chi connectivity index (χ2v) is 7.74. The van der Waals surface area contributed by atoms with Crippen LogP contribution in [0.5, 0.6) is 0 Å². The molecular formula is C30H32N2. The first-order valence-electron chi connectivity index (χ1n) is 10.9. The van der Waals surface area contributed by atoms with Crippen LogP contribution in [0.4, 0.5) is 11.4 Å². The molecule has 0 aliphatic rings. The van der Waals surface area contributed by atoms with Gasteiger partial charge in [-0.1, -0.05) is 85.5 Å². The van der Waals surface area contributed by atoms with Gasteiger partial charge in [-0.25, -0.2) is 0 Å². The Balaban J connectivity index is 1.64. The standard InChI is InChI=1S/C30H32N2/c1-5-7-13-28(6-2)31(3)24-27-18-22-30(23-19-27)32(4)29-20-16-26(17-21-29)15-14-25-11-9-8-10-12-25/h5-23H,2,24H2,1,3-4H3/b7-5-,15-14+,28-13+. The van der Waals surface area contributed by atoms with E-state index in [1.807, 2.05) is 31.2 Å². The van der Waals surface area contributed by atoms with Crippen molar-refractivity contribution < 1.29 is 0 Å². The lowest BCUT2D eigenvalue weighted by atomic mass is 10.1. The smallest absolute Gasteiger partial charge is 0.0426 e. The minimum Gasteiger partial charge on any atom is -0.370 e. The summed E-state index contributed by atoms with van der Waals surface area (Å²) in [4.78, 5) is 4.41. The predicted octanol–water partition coefficient (Wildman–Crippen LogP) is 7.70. The van der Waals surface area contributed by atoms with E-state index < -0.39 is 0 Å². The third kappa shape index (κ3) is 6.36. The zero-order valence-electron chi connectivity index (χ0n) is 19.3. The molecule has 0 unspecified atom stereocenters. The molecule has 0 amide bonds. The molecule has 0 fully saturated rings. The minimum atomic E-state index is 0.835. The van der Waals surface area contributed by atoms with Crippen LogP contribution in [0, 0.1) is 0 Å². The quantitative estimate of drug-likeness (QED) is 0.258. The van der Waals surface area contributed by atoms with Gasteiger partial charge < -0.3 is 9.80 Å². The number of hydrogen-bond acceptors (Lipinski definition) is 2. The van der Waals surface area contributed by atoms with Crippen LogP contribution >= 0.6 is 0 Å². The molecule has 0 aliphatic carbocycles. The molecule has 0 spiro atoms. The molecule has 3 rings (SSSR count). The van der Waals surface area contributed by atoms with E-state index >= 15 is 0 Å². The van der Waals surface area contributed by atoms with Crippen LogP contribution in [0.25, 0.3) is 12.2 Å². The summed E-state index contributed by atoms with van der Waals surface area (Å²) in [5.41, 5.74) is 7.09. The SMILES string of the molecule is C=C/C(=C\C=C/C)N(C)Cc1ccc(N(C)c2ccc(/C=C/c3ccccc3)cc2)cc1. The fourth-order valence-electron chi connectivity index (χ4n) is 3.45. The van der Waals surface area contributed by atoms with E-state index in [1.165, 1.54) is 16.7 Å². The Morgan fingerprint density at radius 1 is 0.781 bits per heavy atom. The summed E-state index contributed by atoms with van der Waals surface area (Å²) in [5.74, 6) is 0. The molecule has 0 heterocycles. The van der Waals surface area contributed by atoms with Gasteiger partial charge in [0, 0.05) is 37.7 Å². The molecule has 3 aromatic rings. The Morgan fingerprint density at radius 3 is 1.91 bits per heavy atom. The van der Waals surface area contributed by atoms with E-state index in [1.54, 1.807) is 0 Å². The summed E-state index contributed by atoms with van der Waals surface area (Å²) in [7, 11) is 4.19. The molecule has 0 radical (unpaired) electrons. The second-order valence-electron chi connectivity index (χ2n) is 7.74. The van der Waals surface area contributed by atoms with Gasteiger partial charge in [0.15, 0.2) is 0 Å². The molecule has 0 bridgehead atoms. The molecule has 0 saturated carbocycles. The van der Waals surface area contributed by atoms with Gasteiger partial charge in [0.25, 0.3) is 0 Å². The van der Waals surface area contributed by atoms with Crippen molar-refractivity contribution >= 4 is 23.5 Å². The van der Waals surface area contributed by atoms with E-state index in [2.05, 4.69) is 121 Å². The fraction of sp³-hybridized carbons (Fsp3) is 0.133. The Hall–Kier alpha value is -3.78. The van der Waals surface area contributed by atoms with Gasteiger partial charge in [-0.05, 0) is 60.0 Å². The zero-order chi connectivity index (χ0) is 22.8. The highest BCUT2D eigenvalue weighted by Gasteiger charge is 2.06. The van der Waals surface area contributed by atoms with Crippen molar-refractivity contribution in [2.45, 2.75) is 13.5 Å². The first-order chi connectivity index (χ1) is 15.6. The molecule has 3 aromatic carbocycles. The maximum Gasteiger partial charge on any atom is 0.0426 e. The molecule has 32 heavy (non-hydrogen) atoms. The van der Waals surface area contributed by atoms with Crippen LogP contribution in [0.15, 0.2) is 115 Å². The molecule has 0 atom stereocenters. The van der Waals surface area contributed by atoms with Gasteiger partial charge >= 0.3 is 0 Å². The normalized spacial score (nSPS) is 11.8. The molecule has 0 aliphatic heterocycles. The van der Waals surface area contributed by atoms with E-state index in [4.69, 9.17) is 0 Å². The largest absolute Gasteiger partial charge is 0.370 e. The van der Waals surface area contributed by atoms with Crippen molar-refractivity contribution in [1.29, 1.82) is 0 Å². The zero-order valence-corrected chi connectivity index (χ0v) is 19.3. The molecule has 162 valence electrons. The van der Waals surface area contributed by atoms with Crippen molar-refractivity contribution in [2.24, 2.45) is 0 Å². The number of allylic oxidation sites excluding steroid dienone is 4. The van der Waals surface area contributed by atoms with Crippen LogP contribution in [0.3, 0.4) is 0 Å². The first-order valence-corrected chi connectivity index (χ1v) is 10.9. The Kier molecular flexibility index (Phi) is 8.28. The Labute approximate surface area is 193 Å². The van der Waals surface area contributed by atoms with Crippen LogP contribution in [-0.4, -0.2) is 19.0 Å². The maximum absolute atomic E-state index is 3.93. The van der Waals surface area contributed by atoms with E-state index in [0.717, 1.165) is 23.6 Å². The highest BCUT2D eigenvalue weighted by atomic mass is 15.1. The lowest BCUT2D eigenvalue weighted by molar-refractivity contribution is 0.425. The summed E-state index contributed by atoms with van der Waals surface area (Å²) >= 11 is 0. The number of anilines is 2. The molecule has 0 saturated heterocycles. The Bertz CT molecular complexity index is 1070. The van der Waals surface area contributed by atoms with Gasteiger partial charge in [0.2, 0.25) is 0 Å². The van der Waals surface area contributed by atoms with Gasteiger partial charge in [-0.2, -0.15) is 0 Å². The van der Waals surface area contributed by atoms with E-state index in [9.17, 15) is 0 Å². The minimum absolute atomic E-state index is 0.835. The summed E-state index contributed by atoms with van der Waals surface area (Å²) in [6.45, 7) is 6.78. The molecule has 2 nitrogen and oxygen atoms in total. The van der Waals surface area contributed by atoms with Crippen LogP contribution < -0.4 is 4.90 Å². The van der Waals surface area contributed by atoms with Crippen molar-refractivity contribution in [2.75, 3.05) is 19.0 Å². The van der Waals surface area contributed by atoms with Gasteiger partial charge in [0.1, 0.15) is 0 Å². The average Bonchev–Trinajstić information content (AvgIpc) is 2.84. The number of rotatable bonds is 9. The molecular weight excluding hydrogens is 388 g/mol. The van der Waals surface area contributed by atoms with Gasteiger partial charge in [-0.15, -0.1) is 0 Å². The third-order valence-electron chi connectivity index (χ3n) is 5.40. The van der Waals surface area contributed by atoms with E-state index in [-0.39, 0.29) is 0 Å². The first kappa shape index (κ1) is 22.9. The molecule has 0 N–H and O–H groups in total. The Morgan fingerprint density at radius 2 is 1.34 bits per heavy atom. The van der Waals surface area contributed by atoms with Crippen molar-refractivity contribution in [3.05, 3.63) is 132 Å². The van der Waals surface area contributed by atoms with Crippen LogP contribution in [0.2, 0.25) is 0 Å². The highest BCUT2D eigenvalue weighted by molar-refractivity contribution is 5.71. The summed E-state index contributed by atoms with van der Waals surface area (Å²) in [6, 6.07) is 27.7. The van der Waals surface area contributed by atoms with Crippen molar-refractivity contribution in [3.8, 4) is 0 Å². The van der Waals surface area contributed by atoms with Gasteiger partial charge in [-0.3, -0.25) is 0 Å². The third-order valence-corrected chi connectivity index (χ3v) is 5.40. The summed E-state index contributed by atoms with van der Waals surface area (Å²) < 4.78 is 0.